The smallest absolute Gasteiger partial charge is 0.293 e. The fourth-order valence-electron chi connectivity index (χ4n) is 2.73. The van der Waals surface area contributed by atoms with E-state index in [2.05, 4.69) is 31.4 Å². The van der Waals surface area contributed by atoms with Gasteiger partial charge in [0.2, 0.25) is 5.91 Å². The fraction of sp³-hybridized carbons (Fsp3) is 0.0526. The van der Waals surface area contributed by atoms with E-state index >= 15 is 0 Å². The van der Waals surface area contributed by atoms with Crippen LogP contribution in [0.3, 0.4) is 0 Å². The Labute approximate surface area is 176 Å². The summed E-state index contributed by atoms with van der Waals surface area (Å²) >= 11 is 9.32. The Morgan fingerprint density at radius 3 is 2.69 bits per heavy atom. The zero-order valence-electron chi connectivity index (χ0n) is 14.6. The molecule has 0 aliphatic heterocycles. The standard InChI is InChI=1S/C19H12BrClFN5O2/c20-12-3-1-11(2-4-12)15-8-17-19(29)26(23-10-27(17)25-15)9-18(28)24-16-7-13(22)5-6-14(16)21/h1-8,10H,9H2,(H,24,28). The maximum Gasteiger partial charge on any atom is 0.293 e. The Hall–Kier alpha value is -3.04. The number of amides is 1. The molecule has 2 heterocycles. The monoisotopic (exact) mass is 475 g/mol. The summed E-state index contributed by atoms with van der Waals surface area (Å²) in [6.45, 7) is -0.360. The molecule has 10 heteroatoms. The molecule has 4 aromatic rings. The van der Waals surface area contributed by atoms with Crippen molar-refractivity contribution in [2.45, 2.75) is 6.54 Å². The Morgan fingerprint density at radius 1 is 1.17 bits per heavy atom. The number of fused-ring (bicyclic) bond motifs is 1. The summed E-state index contributed by atoms with van der Waals surface area (Å²) in [6.07, 6.45) is 1.35. The highest BCUT2D eigenvalue weighted by molar-refractivity contribution is 9.10. The summed E-state index contributed by atoms with van der Waals surface area (Å²) in [6, 6.07) is 12.7. The first-order chi connectivity index (χ1) is 13.9. The van der Waals surface area contributed by atoms with Crippen molar-refractivity contribution >= 4 is 44.6 Å². The normalized spacial score (nSPS) is 11.0. The second kappa shape index (κ2) is 7.76. The first kappa shape index (κ1) is 19.3. The highest BCUT2D eigenvalue weighted by Crippen LogP contribution is 2.23. The molecule has 0 aliphatic rings. The minimum atomic E-state index is -0.566. The van der Waals surface area contributed by atoms with Gasteiger partial charge in [-0.25, -0.2) is 13.6 Å². The number of hydrogen-bond acceptors (Lipinski definition) is 4. The van der Waals surface area contributed by atoms with Gasteiger partial charge in [0.05, 0.1) is 16.4 Å². The van der Waals surface area contributed by atoms with Crippen molar-refractivity contribution in [2.75, 3.05) is 5.32 Å². The summed E-state index contributed by atoms with van der Waals surface area (Å²) in [4.78, 5) is 25.0. The molecule has 0 fully saturated rings. The summed E-state index contributed by atoms with van der Waals surface area (Å²) in [5, 5.41) is 11.0. The third-order valence-electron chi connectivity index (χ3n) is 4.13. The van der Waals surface area contributed by atoms with E-state index in [9.17, 15) is 14.0 Å². The van der Waals surface area contributed by atoms with E-state index in [0.29, 0.717) is 5.69 Å². The number of aromatic nitrogens is 4. The van der Waals surface area contributed by atoms with E-state index in [0.717, 1.165) is 20.8 Å². The number of anilines is 1. The van der Waals surface area contributed by atoms with Crippen LogP contribution in [0.5, 0.6) is 0 Å². The van der Waals surface area contributed by atoms with Crippen molar-refractivity contribution in [3.8, 4) is 11.3 Å². The topological polar surface area (TPSA) is 81.3 Å². The van der Waals surface area contributed by atoms with Crippen LogP contribution < -0.4 is 10.9 Å². The quantitative estimate of drug-likeness (QED) is 0.486. The number of nitrogens with zero attached hydrogens (tertiary/aromatic N) is 4. The minimum absolute atomic E-state index is 0.118. The van der Waals surface area contributed by atoms with Crippen LogP contribution >= 0.6 is 27.5 Å². The van der Waals surface area contributed by atoms with Crippen molar-refractivity contribution in [2.24, 2.45) is 0 Å². The lowest BCUT2D eigenvalue weighted by atomic mass is 10.1. The largest absolute Gasteiger partial charge is 0.323 e. The SMILES string of the molecule is O=C(Cn1ncn2nc(-c3ccc(Br)cc3)cc2c1=O)Nc1cc(F)ccc1Cl. The van der Waals surface area contributed by atoms with Crippen molar-refractivity contribution in [1.29, 1.82) is 0 Å². The first-order valence-corrected chi connectivity index (χ1v) is 9.54. The molecule has 2 aromatic carbocycles. The molecule has 0 bridgehead atoms. The lowest BCUT2D eigenvalue weighted by Gasteiger charge is -2.08. The first-order valence-electron chi connectivity index (χ1n) is 8.37. The lowest BCUT2D eigenvalue weighted by molar-refractivity contribution is -0.117. The summed E-state index contributed by atoms with van der Waals surface area (Å²) in [5.74, 6) is -1.11. The molecule has 0 radical (unpaired) electrons. The van der Waals surface area contributed by atoms with Crippen LogP contribution in [0.1, 0.15) is 0 Å². The van der Waals surface area contributed by atoms with Gasteiger partial charge >= 0.3 is 0 Å². The van der Waals surface area contributed by atoms with Gasteiger partial charge in [0.15, 0.2) is 0 Å². The van der Waals surface area contributed by atoms with Crippen LogP contribution in [0, 0.1) is 5.82 Å². The molecule has 0 saturated heterocycles. The van der Waals surface area contributed by atoms with Gasteiger partial charge in [0.25, 0.3) is 5.56 Å². The Kier molecular flexibility index (Phi) is 5.16. The number of benzene rings is 2. The number of rotatable bonds is 4. The molecule has 0 atom stereocenters. The van der Waals surface area contributed by atoms with E-state index in [-0.39, 0.29) is 22.8 Å². The zero-order valence-corrected chi connectivity index (χ0v) is 17.0. The average Bonchev–Trinajstić information content (AvgIpc) is 3.13. The molecule has 0 saturated carbocycles. The minimum Gasteiger partial charge on any atom is -0.323 e. The van der Waals surface area contributed by atoms with Crippen molar-refractivity contribution in [1.82, 2.24) is 19.4 Å². The van der Waals surface area contributed by atoms with Crippen molar-refractivity contribution < 1.29 is 9.18 Å². The molecule has 4 rings (SSSR count). The summed E-state index contributed by atoms with van der Waals surface area (Å²) < 4.78 is 16.6. The van der Waals surface area contributed by atoms with Gasteiger partial charge in [0, 0.05) is 10.0 Å². The van der Waals surface area contributed by atoms with Crippen molar-refractivity contribution in [3.05, 3.63) is 80.5 Å². The van der Waals surface area contributed by atoms with Gasteiger partial charge in [0.1, 0.15) is 24.2 Å². The maximum absolute atomic E-state index is 13.3. The molecular weight excluding hydrogens is 465 g/mol. The van der Waals surface area contributed by atoms with Gasteiger partial charge in [-0.05, 0) is 36.4 Å². The third kappa shape index (κ3) is 4.06. The predicted octanol–water partition coefficient (Wildman–Crippen LogP) is 3.75. The Bertz CT molecular complexity index is 1290. The van der Waals surface area contributed by atoms with Gasteiger partial charge in [-0.1, -0.05) is 39.7 Å². The van der Waals surface area contributed by atoms with E-state index < -0.39 is 17.3 Å². The van der Waals surface area contributed by atoms with Crippen molar-refractivity contribution in [3.63, 3.8) is 0 Å². The van der Waals surface area contributed by atoms with E-state index in [1.807, 2.05) is 24.3 Å². The summed E-state index contributed by atoms with van der Waals surface area (Å²) in [5.41, 5.74) is 1.34. The third-order valence-corrected chi connectivity index (χ3v) is 4.98. The molecule has 7 nitrogen and oxygen atoms in total. The van der Waals surface area contributed by atoms with E-state index in [1.165, 1.54) is 23.0 Å². The molecule has 0 spiro atoms. The van der Waals surface area contributed by atoms with Crippen LogP contribution in [0.25, 0.3) is 16.8 Å². The van der Waals surface area contributed by atoms with Crippen LogP contribution in [0.4, 0.5) is 10.1 Å². The maximum atomic E-state index is 13.3. The summed E-state index contributed by atoms with van der Waals surface area (Å²) in [7, 11) is 0. The average molecular weight is 477 g/mol. The Morgan fingerprint density at radius 2 is 1.93 bits per heavy atom. The van der Waals surface area contributed by atoms with Gasteiger partial charge in [-0.2, -0.15) is 10.2 Å². The molecule has 146 valence electrons. The highest BCUT2D eigenvalue weighted by Gasteiger charge is 2.13. The van der Waals surface area contributed by atoms with Crippen LogP contribution in [0.15, 0.2) is 64.1 Å². The fourth-order valence-corrected chi connectivity index (χ4v) is 3.16. The Balaban J connectivity index is 1.60. The number of hydrogen-bond donors (Lipinski definition) is 1. The number of carbonyl (C=O) groups excluding carboxylic acids is 1. The number of halogens is 3. The van der Waals surface area contributed by atoms with Crippen LogP contribution in [-0.4, -0.2) is 25.3 Å². The van der Waals surface area contributed by atoms with Crippen LogP contribution in [-0.2, 0) is 11.3 Å². The van der Waals surface area contributed by atoms with Crippen LogP contribution in [0.2, 0.25) is 5.02 Å². The van der Waals surface area contributed by atoms with E-state index in [1.54, 1.807) is 6.07 Å². The molecule has 1 N–H and O–H groups in total. The van der Waals surface area contributed by atoms with Gasteiger partial charge < -0.3 is 5.32 Å². The second-order valence-electron chi connectivity index (χ2n) is 6.13. The lowest BCUT2D eigenvalue weighted by Crippen LogP contribution is -2.30. The molecule has 1 amide bonds. The highest BCUT2D eigenvalue weighted by atomic mass is 79.9. The van der Waals surface area contributed by atoms with E-state index in [4.69, 9.17) is 11.6 Å². The van der Waals surface area contributed by atoms with Gasteiger partial charge in [-0.3, -0.25) is 9.59 Å². The number of carbonyl (C=O) groups is 1. The molecular formula is C19H12BrClFN5O2. The predicted molar refractivity (Wildman–Crippen MR) is 110 cm³/mol. The zero-order chi connectivity index (χ0) is 20.5. The molecule has 29 heavy (non-hydrogen) atoms. The molecule has 2 aromatic heterocycles. The second-order valence-corrected chi connectivity index (χ2v) is 7.46. The molecule has 0 unspecified atom stereocenters. The number of nitrogens with one attached hydrogen (secondary N) is 1. The molecule has 0 aliphatic carbocycles. The van der Waals surface area contributed by atoms with Gasteiger partial charge in [-0.15, -0.1) is 0 Å².